The van der Waals surface area contributed by atoms with Gasteiger partial charge in [0.1, 0.15) is 11.5 Å². The zero-order valence-corrected chi connectivity index (χ0v) is 15.4. The Bertz CT molecular complexity index is 977. The molecule has 2 aromatic carbocycles. The predicted molar refractivity (Wildman–Crippen MR) is 103 cm³/mol. The minimum absolute atomic E-state index is 0.0630. The number of amides is 2. The summed E-state index contributed by atoms with van der Waals surface area (Å²) in [6, 6.07) is 15.0. The molecule has 27 heavy (non-hydrogen) atoms. The first-order chi connectivity index (χ1) is 13.0. The normalized spacial score (nSPS) is 30.9. The Morgan fingerprint density at radius 3 is 2.48 bits per heavy atom. The molecule has 2 bridgehead atoms. The quantitative estimate of drug-likeness (QED) is 0.599. The van der Waals surface area contributed by atoms with Gasteiger partial charge in [0, 0.05) is 0 Å². The molecule has 4 nitrogen and oxygen atoms in total. The average molecular weight is 359 g/mol. The highest BCUT2D eigenvalue weighted by Crippen LogP contribution is 2.60. The summed E-state index contributed by atoms with van der Waals surface area (Å²) in [5, 5.41) is 0. The number of rotatable bonds is 3. The number of para-hydroxylation sites is 1. The van der Waals surface area contributed by atoms with Crippen molar-refractivity contribution >= 4 is 17.5 Å². The Labute approximate surface area is 158 Å². The Morgan fingerprint density at radius 2 is 1.78 bits per heavy atom. The van der Waals surface area contributed by atoms with E-state index in [9.17, 15) is 9.59 Å². The lowest BCUT2D eigenvalue weighted by Gasteiger charge is -2.28. The van der Waals surface area contributed by atoms with E-state index in [1.807, 2.05) is 50.2 Å². The van der Waals surface area contributed by atoms with Crippen LogP contribution in [0.15, 0.2) is 60.7 Å². The van der Waals surface area contributed by atoms with Gasteiger partial charge in [0.05, 0.1) is 17.0 Å². The van der Waals surface area contributed by atoms with Crippen LogP contribution < -0.4 is 9.64 Å². The van der Waals surface area contributed by atoms with Crippen LogP contribution in [0.1, 0.15) is 18.9 Å². The number of ether oxygens (including phenoxy) is 1. The number of carbonyl (C=O) groups excluding carboxylic acids is 2. The van der Waals surface area contributed by atoms with E-state index < -0.39 is 5.41 Å². The summed E-state index contributed by atoms with van der Waals surface area (Å²) in [5.74, 6) is 1.50. The molecule has 3 aliphatic rings. The molecule has 1 heterocycles. The maximum atomic E-state index is 13.2. The van der Waals surface area contributed by atoms with E-state index in [1.165, 1.54) is 4.90 Å². The highest BCUT2D eigenvalue weighted by atomic mass is 16.5. The maximum absolute atomic E-state index is 13.2. The van der Waals surface area contributed by atoms with Crippen LogP contribution in [-0.4, -0.2) is 11.8 Å². The van der Waals surface area contributed by atoms with Crippen LogP contribution in [0.2, 0.25) is 0 Å². The molecule has 2 aromatic rings. The Kier molecular flexibility index (Phi) is 3.36. The molecule has 2 aliphatic carbocycles. The molecule has 1 aliphatic heterocycles. The molecule has 1 saturated heterocycles. The molecule has 0 radical (unpaired) electrons. The van der Waals surface area contributed by atoms with Crippen LogP contribution in [0.25, 0.3) is 0 Å². The largest absolute Gasteiger partial charge is 0.457 e. The van der Waals surface area contributed by atoms with Crippen LogP contribution in [-0.2, 0) is 9.59 Å². The number of imide groups is 1. The van der Waals surface area contributed by atoms with E-state index in [1.54, 1.807) is 12.1 Å². The molecule has 0 aromatic heterocycles. The van der Waals surface area contributed by atoms with Gasteiger partial charge in [-0.25, -0.2) is 4.90 Å². The fraction of sp³-hybridized carbons (Fsp3) is 0.304. The molecular weight excluding hydrogens is 338 g/mol. The fourth-order valence-corrected chi connectivity index (χ4v) is 5.01. The van der Waals surface area contributed by atoms with E-state index >= 15 is 0 Å². The van der Waals surface area contributed by atoms with Crippen molar-refractivity contribution in [3.8, 4) is 11.5 Å². The molecule has 5 rings (SSSR count). The van der Waals surface area contributed by atoms with Gasteiger partial charge in [-0.3, -0.25) is 9.59 Å². The summed E-state index contributed by atoms with van der Waals surface area (Å²) in [4.78, 5) is 27.6. The summed E-state index contributed by atoms with van der Waals surface area (Å²) < 4.78 is 5.92. The zero-order chi connectivity index (χ0) is 18.8. The number of hydrogen-bond donors (Lipinski definition) is 0. The van der Waals surface area contributed by atoms with Gasteiger partial charge in [-0.05, 0) is 68.0 Å². The monoisotopic (exact) mass is 359 g/mol. The number of nitrogens with zero attached hydrogens (tertiary/aromatic N) is 1. The topological polar surface area (TPSA) is 46.6 Å². The molecule has 0 N–H and O–H groups in total. The van der Waals surface area contributed by atoms with Crippen molar-refractivity contribution in [2.75, 3.05) is 4.90 Å². The molecule has 1 saturated carbocycles. The van der Waals surface area contributed by atoms with E-state index in [4.69, 9.17) is 4.74 Å². The number of allylic oxidation sites excluding steroid dienone is 2. The van der Waals surface area contributed by atoms with Crippen molar-refractivity contribution in [2.45, 2.75) is 20.3 Å². The van der Waals surface area contributed by atoms with Crippen molar-refractivity contribution in [3.05, 3.63) is 66.2 Å². The van der Waals surface area contributed by atoms with Gasteiger partial charge in [-0.1, -0.05) is 30.4 Å². The minimum atomic E-state index is -0.590. The summed E-state index contributed by atoms with van der Waals surface area (Å²) in [6.45, 7) is 3.95. The highest BCUT2D eigenvalue weighted by molar-refractivity contribution is 6.24. The molecule has 136 valence electrons. The highest BCUT2D eigenvalue weighted by Gasteiger charge is 2.67. The zero-order valence-electron chi connectivity index (χ0n) is 15.4. The van der Waals surface area contributed by atoms with Gasteiger partial charge >= 0.3 is 0 Å². The third kappa shape index (κ3) is 2.16. The lowest BCUT2D eigenvalue weighted by atomic mass is 9.71. The number of benzene rings is 2. The minimum Gasteiger partial charge on any atom is -0.457 e. The van der Waals surface area contributed by atoms with Crippen molar-refractivity contribution in [3.63, 3.8) is 0 Å². The van der Waals surface area contributed by atoms with E-state index in [0.717, 1.165) is 17.7 Å². The maximum Gasteiger partial charge on any atom is 0.241 e. The number of carbonyl (C=O) groups is 2. The van der Waals surface area contributed by atoms with Gasteiger partial charge in [0.15, 0.2) is 0 Å². The van der Waals surface area contributed by atoms with Gasteiger partial charge in [0.2, 0.25) is 11.8 Å². The van der Waals surface area contributed by atoms with E-state index in [2.05, 4.69) is 12.2 Å². The van der Waals surface area contributed by atoms with Crippen LogP contribution in [0.5, 0.6) is 11.5 Å². The van der Waals surface area contributed by atoms with Crippen LogP contribution in [0.3, 0.4) is 0 Å². The van der Waals surface area contributed by atoms with E-state index in [-0.39, 0.29) is 29.6 Å². The lowest BCUT2D eigenvalue weighted by Crippen LogP contribution is -2.37. The number of aryl methyl sites for hydroxylation is 1. The predicted octanol–water partition coefficient (Wildman–Crippen LogP) is 4.49. The van der Waals surface area contributed by atoms with Crippen LogP contribution >= 0.6 is 0 Å². The number of fused-ring (bicyclic) bond motifs is 5. The molecule has 2 fully saturated rings. The molecular formula is C23H21NO3. The molecule has 0 spiro atoms. The fourth-order valence-electron chi connectivity index (χ4n) is 5.01. The second-order valence-electron chi connectivity index (χ2n) is 7.99. The molecule has 4 atom stereocenters. The van der Waals surface area contributed by atoms with Gasteiger partial charge < -0.3 is 4.74 Å². The first-order valence-electron chi connectivity index (χ1n) is 9.40. The smallest absolute Gasteiger partial charge is 0.241 e. The van der Waals surface area contributed by atoms with Crippen LogP contribution in [0, 0.1) is 30.1 Å². The van der Waals surface area contributed by atoms with Gasteiger partial charge in [-0.2, -0.15) is 0 Å². The molecule has 4 heteroatoms. The Balaban J connectivity index is 1.42. The summed E-state index contributed by atoms with van der Waals surface area (Å²) in [7, 11) is 0. The second kappa shape index (κ2) is 5.56. The van der Waals surface area contributed by atoms with Crippen LogP contribution in [0.4, 0.5) is 5.69 Å². The Hall–Kier alpha value is -2.88. The van der Waals surface area contributed by atoms with Crippen molar-refractivity contribution in [1.82, 2.24) is 0 Å². The average Bonchev–Trinajstić information content (AvgIpc) is 3.30. The summed E-state index contributed by atoms with van der Waals surface area (Å²) in [5.41, 5.74) is 1.08. The summed E-state index contributed by atoms with van der Waals surface area (Å²) in [6.07, 6.45) is 5.16. The lowest BCUT2D eigenvalue weighted by molar-refractivity contribution is -0.127. The first kappa shape index (κ1) is 16.3. The van der Waals surface area contributed by atoms with Gasteiger partial charge in [0.25, 0.3) is 0 Å². The van der Waals surface area contributed by atoms with E-state index in [0.29, 0.717) is 11.4 Å². The third-order valence-corrected chi connectivity index (χ3v) is 6.53. The van der Waals surface area contributed by atoms with Crippen molar-refractivity contribution in [1.29, 1.82) is 0 Å². The Morgan fingerprint density at radius 1 is 1.04 bits per heavy atom. The molecule has 2 amide bonds. The first-order valence-corrected chi connectivity index (χ1v) is 9.40. The van der Waals surface area contributed by atoms with Gasteiger partial charge in [-0.15, -0.1) is 0 Å². The SMILES string of the molecule is Cc1ccccc1Oc1ccc(N2C(=O)[C@@H]3[C@@H]4C=C[C@@H](C4)[C@]3(C)C2=O)cc1. The van der Waals surface area contributed by atoms with Crippen molar-refractivity contribution < 1.29 is 14.3 Å². The number of hydrogen-bond acceptors (Lipinski definition) is 3. The van der Waals surface area contributed by atoms with Crippen molar-refractivity contribution in [2.24, 2.45) is 23.2 Å². The summed E-state index contributed by atoms with van der Waals surface area (Å²) >= 11 is 0. The molecule has 0 unspecified atom stereocenters. The standard InChI is InChI=1S/C23H21NO3/c1-14-5-3-4-6-19(14)27-18-11-9-17(10-12-18)24-21(25)20-15-7-8-16(13-15)23(20,2)22(24)26/h3-12,15-16,20H,13H2,1-2H3/t15-,16+,20+,23+/m1/s1. The number of anilines is 1. The third-order valence-electron chi connectivity index (χ3n) is 6.53. The second-order valence-corrected chi connectivity index (χ2v) is 7.99.